The smallest absolute Gasteiger partial charge is 0.261 e. The lowest BCUT2D eigenvalue weighted by molar-refractivity contribution is 0.102. The molecule has 4 aromatic rings. The van der Waals surface area contributed by atoms with E-state index in [1.165, 1.54) is 34.2 Å². The van der Waals surface area contributed by atoms with E-state index in [2.05, 4.69) is 53.4 Å². The predicted octanol–water partition coefficient (Wildman–Crippen LogP) is 5.15. The molecule has 0 saturated heterocycles. The second kappa shape index (κ2) is 8.12. The molecule has 2 aromatic heterocycles. The van der Waals surface area contributed by atoms with Crippen LogP contribution in [0.1, 0.15) is 27.0 Å². The molecule has 0 radical (unpaired) electrons. The summed E-state index contributed by atoms with van der Waals surface area (Å²) >= 11 is 1.40. The first-order chi connectivity index (χ1) is 15.5. The lowest BCUT2D eigenvalue weighted by Crippen LogP contribution is -2.15. The third-order valence-electron chi connectivity index (χ3n) is 5.37. The second-order valence-corrected chi connectivity index (χ2v) is 8.64. The number of ether oxygens (including phenoxy) is 2. The van der Waals surface area contributed by atoms with Crippen LogP contribution in [0.25, 0.3) is 22.5 Å². The largest absolute Gasteiger partial charge is 0.486 e. The number of aryl methyl sites for hydroxylation is 3. The van der Waals surface area contributed by atoms with Gasteiger partial charge in [-0.2, -0.15) is 5.10 Å². The van der Waals surface area contributed by atoms with Gasteiger partial charge >= 0.3 is 0 Å². The number of amides is 1. The Morgan fingerprint density at radius 2 is 1.81 bits per heavy atom. The monoisotopic (exact) mass is 446 g/mol. The van der Waals surface area contributed by atoms with E-state index in [4.69, 9.17) is 9.47 Å². The van der Waals surface area contributed by atoms with E-state index in [0.717, 1.165) is 16.8 Å². The van der Waals surface area contributed by atoms with E-state index in [1.807, 2.05) is 23.6 Å². The fourth-order valence-electron chi connectivity index (χ4n) is 4.07. The highest BCUT2D eigenvalue weighted by molar-refractivity contribution is 7.14. The van der Waals surface area contributed by atoms with Crippen LogP contribution in [-0.4, -0.2) is 34.3 Å². The van der Waals surface area contributed by atoms with Gasteiger partial charge in [0.1, 0.15) is 13.2 Å². The molecule has 7 nitrogen and oxygen atoms in total. The topological polar surface area (TPSA) is 89.1 Å². The van der Waals surface area contributed by atoms with Crippen LogP contribution in [0.3, 0.4) is 0 Å². The Morgan fingerprint density at radius 1 is 1.06 bits per heavy atom. The fraction of sp³-hybridized carbons (Fsp3) is 0.208. The molecule has 1 aliphatic rings. The Bertz CT molecular complexity index is 1300. The van der Waals surface area contributed by atoms with Gasteiger partial charge in [0, 0.05) is 16.5 Å². The van der Waals surface area contributed by atoms with Crippen molar-refractivity contribution in [3.05, 3.63) is 64.2 Å². The van der Waals surface area contributed by atoms with Gasteiger partial charge < -0.3 is 9.47 Å². The van der Waals surface area contributed by atoms with Gasteiger partial charge in [0.05, 0.1) is 23.1 Å². The summed E-state index contributed by atoms with van der Waals surface area (Å²) in [6, 6.07) is 9.85. The Kier molecular flexibility index (Phi) is 5.14. The molecule has 2 N–H and O–H groups in total. The Balaban J connectivity index is 1.39. The SMILES string of the molecule is Cc1cc(C)c(-c2csc(NC(=O)c3cn[nH]c3-c3ccc4c(c3)OCCO4)n2)c(C)c1. The Labute approximate surface area is 189 Å². The second-order valence-electron chi connectivity index (χ2n) is 7.78. The van der Waals surface area contributed by atoms with E-state index in [1.54, 1.807) is 0 Å². The number of aromatic nitrogens is 3. The van der Waals surface area contributed by atoms with Gasteiger partial charge in [-0.05, 0) is 50.1 Å². The summed E-state index contributed by atoms with van der Waals surface area (Å²) in [5, 5.41) is 12.4. The molecule has 0 saturated carbocycles. The van der Waals surface area contributed by atoms with Gasteiger partial charge in [-0.3, -0.25) is 15.2 Å². The van der Waals surface area contributed by atoms with Crippen LogP contribution >= 0.6 is 11.3 Å². The molecule has 0 fully saturated rings. The van der Waals surface area contributed by atoms with Gasteiger partial charge in [0.2, 0.25) is 0 Å². The van der Waals surface area contributed by atoms with Crippen LogP contribution in [0.2, 0.25) is 0 Å². The van der Waals surface area contributed by atoms with E-state index < -0.39 is 0 Å². The van der Waals surface area contributed by atoms with E-state index in [-0.39, 0.29) is 5.91 Å². The first kappa shape index (κ1) is 20.3. The van der Waals surface area contributed by atoms with Gasteiger partial charge in [-0.15, -0.1) is 11.3 Å². The van der Waals surface area contributed by atoms with Gasteiger partial charge in [-0.1, -0.05) is 17.7 Å². The molecule has 0 atom stereocenters. The van der Waals surface area contributed by atoms with Crippen molar-refractivity contribution in [2.75, 3.05) is 18.5 Å². The molecule has 3 heterocycles. The Hall–Kier alpha value is -3.65. The zero-order valence-corrected chi connectivity index (χ0v) is 18.8. The molecule has 1 aliphatic heterocycles. The molecular formula is C24H22N4O3S. The minimum absolute atomic E-state index is 0.276. The normalized spacial score (nSPS) is 12.6. The number of rotatable bonds is 4. The molecule has 0 aliphatic carbocycles. The summed E-state index contributed by atoms with van der Waals surface area (Å²) < 4.78 is 11.2. The molecule has 0 unspecified atom stereocenters. The zero-order valence-electron chi connectivity index (χ0n) is 18.0. The summed E-state index contributed by atoms with van der Waals surface area (Å²) in [4.78, 5) is 17.7. The van der Waals surface area contributed by atoms with Crippen molar-refractivity contribution in [1.82, 2.24) is 15.2 Å². The highest BCUT2D eigenvalue weighted by Crippen LogP contribution is 2.35. The molecule has 0 spiro atoms. The van der Waals surface area contributed by atoms with E-state index in [9.17, 15) is 4.79 Å². The number of carbonyl (C=O) groups excluding carboxylic acids is 1. The van der Waals surface area contributed by atoms with Gasteiger partial charge in [0.15, 0.2) is 16.6 Å². The molecule has 32 heavy (non-hydrogen) atoms. The molecule has 8 heteroatoms. The lowest BCUT2D eigenvalue weighted by atomic mass is 9.98. The maximum Gasteiger partial charge on any atom is 0.261 e. The molecule has 5 rings (SSSR count). The minimum Gasteiger partial charge on any atom is -0.486 e. The zero-order chi connectivity index (χ0) is 22.2. The maximum absolute atomic E-state index is 13.0. The minimum atomic E-state index is -0.276. The highest BCUT2D eigenvalue weighted by atomic mass is 32.1. The molecule has 0 bridgehead atoms. The van der Waals surface area contributed by atoms with Crippen molar-refractivity contribution >= 4 is 22.4 Å². The molecule has 1 amide bonds. The average Bonchev–Trinajstić information content (AvgIpc) is 3.43. The lowest BCUT2D eigenvalue weighted by Gasteiger charge is -2.18. The summed E-state index contributed by atoms with van der Waals surface area (Å²) in [5.41, 5.74) is 7.36. The van der Waals surface area contributed by atoms with Crippen LogP contribution in [-0.2, 0) is 0 Å². The van der Waals surface area contributed by atoms with Crippen molar-refractivity contribution in [2.45, 2.75) is 20.8 Å². The van der Waals surface area contributed by atoms with Crippen molar-refractivity contribution in [3.8, 4) is 34.0 Å². The number of nitrogens with one attached hydrogen (secondary N) is 2. The number of fused-ring (bicyclic) bond motifs is 1. The van der Waals surface area contributed by atoms with E-state index >= 15 is 0 Å². The number of H-pyrrole nitrogens is 1. The average molecular weight is 447 g/mol. The predicted molar refractivity (Wildman–Crippen MR) is 125 cm³/mol. The summed E-state index contributed by atoms with van der Waals surface area (Å²) in [7, 11) is 0. The van der Waals surface area contributed by atoms with Crippen LogP contribution in [0.15, 0.2) is 41.9 Å². The number of nitrogens with zero attached hydrogens (tertiary/aromatic N) is 2. The summed E-state index contributed by atoms with van der Waals surface area (Å²) in [6.07, 6.45) is 1.52. The fourth-order valence-corrected chi connectivity index (χ4v) is 4.77. The first-order valence-corrected chi connectivity index (χ1v) is 11.2. The first-order valence-electron chi connectivity index (χ1n) is 10.3. The molecular weight excluding hydrogens is 424 g/mol. The third kappa shape index (κ3) is 3.73. The number of hydrogen-bond donors (Lipinski definition) is 2. The number of carbonyl (C=O) groups is 1. The van der Waals surface area contributed by atoms with Crippen LogP contribution in [0, 0.1) is 20.8 Å². The molecule has 162 valence electrons. The van der Waals surface area contributed by atoms with Crippen LogP contribution in [0.4, 0.5) is 5.13 Å². The van der Waals surface area contributed by atoms with Gasteiger partial charge in [-0.25, -0.2) is 4.98 Å². The van der Waals surface area contributed by atoms with Crippen molar-refractivity contribution in [2.24, 2.45) is 0 Å². The number of hydrogen-bond acceptors (Lipinski definition) is 6. The van der Waals surface area contributed by atoms with Crippen molar-refractivity contribution in [3.63, 3.8) is 0 Å². The number of aromatic amines is 1. The summed E-state index contributed by atoms with van der Waals surface area (Å²) in [6.45, 7) is 7.28. The van der Waals surface area contributed by atoms with Crippen molar-refractivity contribution < 1.29 is 14.3 Å². The number of thiazole rings is 1. The number of anilines is 1. The maximum atomic E-state index is 13.0. The molecule has 2 aromatic carbocycles. The third-order valence-corrected chi connectivity index (χ3v) is 6.13. The van der Waals surface area contributed by atoms with Gasteiger partial charge in [0.25, 0.3) is 5.91 Å². The summed E-state index contributed by atoms with van der Waals surface area (Å²) in [5.74, 6) is 1.08. The van der Waals surface area contributed by atoms with Crippen LogP contribution < -0.4 is 14.8 Å². The standard InChI is InChI=1S/C24H22N4O3S/c1-13-8-14(2)21(15(3)9-13)18-12-32-24(26-18)27-23(29)17-11-25-28-22(17)16-4-5-19-20(10-16)31-7-6-30-19/h4-5,8-12H,6-7H2,1-3H3,(H,25,28)(H,26,27,29). The Morgan fingerprint density at radius 3 is 2.59 bits per heavy atom. The van der Waals surface area contributed by atoms with Crippen LogP contribution in [0.5, 0.6) is 11.5 Å². The quantitative estimate of drug-likeness (QED) is 0.453. The van der Waals surface area contributed by atoms with E-state index in [0.29, 0.717) is 41.1 Å². The highest BCUT2D eigenvalue weighted by Gasteiger charge is 2.20. The number of benzene rings is 2. The van der Waals surface area contributed by atoms with Crippen molar-refractivity contribution in [1.29, 1.82) is 0 Å².